The van der Waals surface area contributed by atoms with E-state index in [2.05, 4.69) is 46.9 Å². The molecule has 0 spiro atoms. The van der Waals surface area contributed by atoms with Crippen molar-refractivity contribution in [3.63, 3.8) is 0 Å². The van der Waals surface area contributed by atoms with Crippen LogP contribution >= 0.6 is 37.4 Å². The van der Waals surface area contributed by atoms with Crippen LogP contribution in [0, 0.1) is 0 Å². The molecule has 10 atom stereocenters. The number of thiol groups is 1. The minimum Gasteiger partial charge on any atom is -0.387 e. The van der Waals surface area contributed by atoms with E-state index in [9.17, 15) is 19.0 Å². The van der Waals surface area contributed by atoms with Crippen molar-refractivity contribution in [2.24, 2.45) is 0 Å². The highest BCUT2D eigenvalue weighted by atomic mass is 32.7. The molecule has 0 amide bonds. The van der Waals surface area contributed by atoms with Crippen LogP contribution in [0.3, 0.4) is 0 Å². The molecule has 4 aromatic heterocycles. The summed E-state index contributed by atoms with van der Waals surface area (Å²) in [4.78, 5) is 35.4. The Morgan fingerprint density at radius 1 is 1.02 bits per heavy atom. The van der Waals surface area contributed by atoms with Gasteiger partial charge >= 0.3 is 13.6 Å². The standard InChI is InChI=1S/C26H36FN11O10P2S2/c1-4-26(3,5-2)36-52-50(42)44-7-12-17(13(27)23(46-12)37-9-32-14-19(28)30-8-31-20(14)37)47-49(41,51)43-6-11-16(39)18(48-50)24(45-11)38-10-33-15-21(38)34-25(29)35-22(15)40/h8-13,16-18,23-24,36,39H,4-7H2,1-3H3,(H,41,51)(H2,28,30,31)(H3,29,34,35,40)/t11-,12-,13-,16-,17-,18-,23-,24-,49-,50-/m1/s1. The molecule has 52 heavy (non-hydrogen) atoms. The molecule has 0 aromatic carbocycles. The lowest BCUT2D eigenvalue weighted by Crippen LogP contribution is -2.38. The molecule has 0 saturated carbocycles. The monoisotopic (exact) mass is 807 g/mol. The third kappa shape index (κ3) is 7.00. The summed E-state index contributed by atoms with van der Waals surface area (Å²) in [6.07, 6.45) is -7.49. The number of nitrogen functional groups attached to an aromatic ring is 2. The van der Waals surface area contributed by atoms with Gasteiger partial charge in [-0.05, 0) is 19.8 Å². The number of imidazole rings is 2. The lowest BCUT2D eigenvalue weighted by Gasteiger charge is -2.32. The summed E-state index contributed by atoms with van der Waals surface area (Å²) in [5.41, 5.74) is 10.7. The van der Waals surface area contributed by atoms with E-state index in [4.69, 9.17) is 39.0 Å². The zero-order chi connectivity index (χ0) is 37.2. The zero-order valence-corrected chi connectivity index (χ0v) is 31.2. The third-order valence-corrected chi connectivity index (χ3v) is 14.1. The number of rotatable bonds is 7. The number of hydrogen-bond donors (Lipinski definition) is 6. The Labute approximate surface area is 303 Å². The summed E-state index contributed by atoms with van der Waals surface area (Å²) in [6, 6.07) is 0. The fourth-order valence-electron chi connectivity index (χ4n) is 5.86. The van der Waals surface area contributed by atoms with Crippen LogP contribution in [-0.2, 0) is 36.7 Å². The molecule has 7 heterocycles. The first-order valence-corrected chi connectivity index (χ1v) is 21.6. The summed E-state index contributed by atoms with van der Waals surface area (Å²) in [6.45, 7) is -4.40. The molecule has 0 unspecified atom stereocenters. The van der Waals surface area contributed by atoms with Crippen LogP contribution in [0.15, 0.2) is 23.8 Å². The minimum absolute atomic E-state index is 0.0368. The van der Waals surface area contributed by atoms with Gasteiger partial charge in [-0.1, -0.05) is 26.1 Å². The number of nitrogens with zero attached hydrogens (tertiary/aromatic N) is 7. The molecule has 7 rings (SSSR count). The van der Waals surface area contributed by atoms with E-state index in [0.717, 1.165) is 0 Å². The normalized spacial score (nSPS) is 34.6. The number of ether oxygens (including phenoxy) is 2. The van der Waals surface area contributed by atoms with E-state index in [1.165, 1.54) is 28.1 Å². The van der Waals surface area contributed by atoms with Gasteiger partial charge in [-0.3, -0.25) is 37.0 Å². The van der Waals surface area contributed by atoms with Gasteiger partial charge in [0, 0.05) is 17.1 Å². The number of aromatic nitrogens is 8. The molecule has 3 aliphatic rings. The number of anilines is 2. The number of halogens is 1. The van der Waals surface area contributed by atoms with Crippen molar-refractivity contribution in [3.05, 3.63) is 29.3 Å². The first-order valence-electron chi connectivity index (χ1n) is 16.0. The molecular formula is C26H36FN11O10P2S2. The van der Waals surface area contributed by atoms with Gasteiger partial charge in [-0.2, -0.15) is 4.98 Å². The van der Waals surface area contributed by atoms with Crippen LogP contribution in [0.4, 0.5) is 16.2 Å². The van der Waals surface area contributed by atoms with Crippen LogP contribution in [-0.4, -0.2) is 99.6 Å². The summed E-state index contributed by atoms with van der Waals surface area (Å²) < 4.78 is 86.0. The average Bonchev–Trinajstić information content (AvgIpc) is 3.87. The van der Waals surface area contributed by atoms with Crippen molar-refractivity contribution in [1.29, 1.82) is 0 Å². The number of H-pyrrole nitrogens is 1. The molecule has 0 aliphatic carbocycles. The SMILES string of the molecule is CCC(C)(CC)NS[P@]1(=O)OC[C@H]2O[C@@H](n3cnc4c(N)ncnc43)[C@H](F)[C@@H]2O[P@](=O)(S)OC[C@H]2O[C@@H](n3cnc4c(=O)[nH]c(N)nc43)[C@H](O1)[C@@H]2O. The molecule has 3 saturated heterocycles. The summed E-state index contributed by atoms with van der Waals surface area (Å²) >= 11 is 4.72. The maximum absolute atomic E-state index is 16.4. The van der Waals surface area contributed by atoms with Gasteiger partial charge in [0.05, 0.1) is 25.9 Å². The molecule has 3 fully saturated rings. The number of alkyl halides is 1. The Bertz CT molecular complexity index is 2120. The van der Waals surface area contributed by atoms with E-state index in [-0.39, 0.29) is 34.1 Å². The van der Waals surface area contributed by atoms with E-state index in [1.54, 1.807) is 0 Å². The molecule has 3 aliphatic heterocycles. The number of aliphatic hydroxyl groups excluding tert-OH is 1. The van der Waals surface area contributed by atoms with Crippen molar-refractivity contribution in [1.82, 2.24) is 43.8 Å². The highest BCUT2D eigenvalue weighted by Gasteiger charge is 2.54. The molecule has 4 aromatic rings. The topological polar surface area (TPSA) is 281 Å². The third-order valence-electron chi connectivity index (χ3n) is 9.23. The van der Waals surface area contributed by atoms with Gasteiger partial charge in [0.2, 0.25) is 5.95 Å². The quantitative estimate of drug-likeness (QED) is 0.0888. The van der Waals surface area contributed by atoms with Gasteiger partial charge in [-0.25, -0.2) is 38.2 Å². The lowest BCUT2D eigenvalue weighted by molar-refractivity contribution is -0.0568. The van der Waals surface area contributed by atoms with Crippen molar-refractivity contribution < 1.29 is 46.2 Å². The number of nitrogens with one attached hydrogen (secondary N) is 2. The maximum Gasteiger partial charge on any atom is 0.404 e. The van der Waals surface area contributed by atoms with Crippen molar-refractivity contribution in [2.75, 3.05) is 24.7 Å². The Kier molecular flexibility index (Phi) is 10.2. The van der Waals surface area contributed by atoms with Gasteiger partial charge in [0.1, 0.15) is 42.4 Å². The van der Waals surface area contributed by atoms with Crippen molar-refractivity contribution in [3.8, 4) is 0 Å². The first kappa shape index (κ1) is 37.6. The summed E-state index contributed by atoms with van der Waals surface area (Å²) in [5.74, 6) is -0.179. The predicted octanol–water partition coefficient (Wildman–Crippen LogP) is 2.40. The Morgan fingerprint density at radius 3 is 2.42 bits per heavy atom. The second-order valence-electron chi connectivity index (χ2n) is 12.5. The van der Waals surface area contributed by atoms with Gasteiger partial charge < -0.3 is 26.0 Å². The smallest absolute Gasteiger partial charge is 0.387 e. The van der Waals surface area contributed by atoms with Crippen LogP contribution in [0.1, 0.15) is 46.1 Å². The van der Waals surface area contributed by atoms with Crippen LogP contribution < -0.4 is 21.7 Å². The zero-order valence-electron chi connectivity index (χ0n) is 27.7. The Morgan fingerprint density at radius 2 is 1.69 bits per heavy atom. The first-order chi connectivity index (χ1) is 24.6. The number of fused-ring (bicyclic) bond motifs is 5. The van der Waals surface area contributed by atoms with E-state index >= 15 is 4.39 Å². The molecule has 21 nitrogen and oxygen atoms in total. The molecule has 7 N–H and O–H groups in total. The minimum atomic E-state index is -4.46. The molecular weight excluding hydrogens is 771 g/mol. The predicted molar refractivity (Wildman–Crippen MR) is 187 cm³/mol. The number of aromatic amines is 1. The van der Waals surface area contributed by atoms with Gasteiger partial charge in [0.25, 0.3) is 5.56 Å². The van der Waals surface area contributed by atoms with Gasteiger partial charge in [0.15, 0.2) is 41.3 Å². The highest BCUT2D eigenvalue weighted by Crippen LogP contribution is 2.64. The highest BCUT2D eigenvalue weighted by molar-refractivity contribution is 8.54. The molecule has 0 radical (unpaired) electrons. The van der Waals surface area contributed by atoms with Crippen molar-refractivity contribution in [2.45, 2.75) is 88.3 Å². The van der Waals surface area contributed by atoms with E-state index in [1.807, 2.05) is 20.8 Å². The number of aliphatic hydroxyl groups is 1. The molecule has 284 valence electrons. The van der Waals surface area contributed by atoms with Crippen LogP contribution in [0.25, 0.3) is 22.3 Å². The maximum atomic E-state index is 16.4. The molecule has 2 bridgehead atoms. The lowest BCUT2D eigenvalue weighted by atomic mass is 9.98. The second kappa shape index (κ2) is 14.2. The second-order valence-corrected chi connectivity index (χ2v) is 19.0. The number of hydrogen-bond acceptors (Lipinski definition) is 19. The fourth-order valence-corrected chi connectivity index (χ4v) is 10.7. The van der Waals surface area contributed by atoms with E-state index < -0.39 is 87.1 Å². The van der Waals surface area contributed by atoms with Gasteiger partial charge in [-0.15, -0.1) is 0 Å². The average molecular weight is 808 g/mol. The Hall–Kier alpha value is -2.73. The molecule has 26 heteroatoms. The van der Waals surface area contributed by atoms with Crippen LogP contribution in [0.2, 0.25) is 0 Å². The van der Waals surface area contributed by atoms with Crippen LogP contribution in [0.5, 0.6) is 0 Å². The van der Waals surface area contributed by atoms with E-state index in [0.29, 0.717) is 24.4 Å². The fraction of sp³-hybridized carbons (Fsp3) is 0.615. The summed E-state index contributed by atoms with van der Waals surface area (Å²) in [5, 5.41) is 11.5. The Balaban J connectivity index is 1.26. The van der Waals surface area contributed by atoms with Crippen molar-refractivity contribution >= 4 is 71.5 Å². The number of nitrogens with two attached hydrogens (primary N) is 2. The largest absolute Gasteiger partial charge is 0.404 e. The summed E-state index contributed by atoms with van der Waals surface area (Å²) in [7, 11) is 0.